The Morgan fingerprint density at radius 3 is 1.33 bits per heavy atom. The molecule has 0 aromatic heterocycles. The van der Waals surface area contributed by atoms with E-state index >= 15 is 0 Å². The Morgan fingerprint density at radius 2 is 0.889 bits per heavy atom. The second-order valence-electron chi connectivity index (χ2n) is 10.8. The first-order valence-corrected chi connectivity index (χ1v) is 15.9. The van der Waals surface area contributed by atoms with Gasteiger partial charge >= 0.3 is 11.9 Å². The first-order chi connectivity index (χ1) is 17.6. The van der Waals surface area contributed by atoms with Crippen molar-refractivity contribution in [2.45, 2.75) is 175 Å². The molecule has 36 heavy (non-hydrogen) atoms. The molecule has 0 aliphatic rings. The third-order valence-electron chi connectivity index (χ3n) is 7.35. The van der Waals surface area contributed by atoms with Gasteiger partial charge in [0.05, 0.1) is 13.2 Å². The Bertz CT molecular complexity index is 477. The summed E-state index contributed by atoms with van der Waals surface area (Å²) in [5.74, 6) is 0.670. The zero-order valence-corrected chi connectivity index (χ0v) is 24.6. The fourth-order valence-electron chi connectivity index (χ4n) is 4.74. The molecule has 0 heterocycles. The van der Waals surface area contributed by atoms with Gasteiger partial charge in [0.15, 0.2) is 0 Å². The lowest BCUT2D eigenvalue weighted by molar-refractivity contribution is -0.145. The number of hydrogen-bond donors (Lipinski definition) is 0. The SMILES string of the molecule is CCCCCOC(=O)CCCCCCCCCCCCCCCC(CC)CCC(=O)OCCCCC. The predicted octanol–water partition coefficient (Wildman–Crippen LogP) is 10.1. The van der Waals surface area contributed by atoms with Crippen molar-refractivity contribution in [1.29, 1.82) is 0 Å². The van der Waals surface area contributed by atoms with Crippen molar-refractivity contribution in [3.8, 4) is 0 Å². The van der Waals surface area contributed by atoms with Crippen molar-refractivity contribution in [2.24, 2.45) is 5.92 Å². The van der Waals surface area contributed by atoms with Crippen LogP contribution in [0, 0.1) is 5.92 Å². The van der Waals surface area contributed by atoms with Crippen LogP contribution in [0.4, 0.5) is 0 Å². The molecule has 214 valence electrons. The Labute approximate surface area is 225 Å². The average molecular weight is 511 g/mol. The largest absolute Gasteiger partial charge is 0.466 e. The number of esters is 2. The van der Waals surface area contributed by atoms with Gasteiger partial charge < -0.3 is 9.47 Å². The lowest BCUT2D eigenvalue weighted by Gasteiger charge is -2.14. The molecule has 1 atom stereocenters. The van der Waals surface area contributed by atoms with Gasteiger partial charge in [0, 0.05) is 12.8 Å². The Hall–Kier alpha value is -1.06. The maximum atomic E-state index is 11.9. The van der Waals surface area contributed by atoms with Crippen molar-refractivity contribution in [3.05, 3.63) is 0 Å². The molecule has 0 bridgehead atoms. The average Bonchev–Trinajstić information content (AvgIpc) is 2.88. The van der Waals surface area contributed by atoms with E-state index in [4.69, 9.17) is 9.47 Å². The normalized spacial score (nSPS) is 12.0. The van der Waals surface area contributed by atoms with Gasteiger partial charge in [-0.1, -0.05) is 136 Å². The number of hydrogen-bond acceptors (Lipinski definition) is 4. The fraction of sp³-hybridized carbons (Fsp3) is 0.938. The monoisotopic (exact) mass is 510 g/mol. The Morgan fingerprint density at radius 1 is 0.472 bits per heavy atom. The van der Waals surface area contributed by atoms with Crippen LogP contribution in [0.1, 0.15) is 175 Å². The lowest BCUT2D eigenvalue weighted by atomic mass is 9.93. The summed E-state index contributed by atoms with van der Waals surface area (Å²) in [6, 6.07) is 0. The Balaban J connectivity index is 3.36. The first-order valence-electron chi connectivity index (χ1n) is 15.9. The third-order valence-corrected chi connectivity index (χ3v) is 7.35. The number of ether oxygens (including phenoxy) is 2. The molecule has 1 unspecified atom stereocenters. The highest BCUT2D eigenvalue weighted by Crippen LogP contribution is 2.20. The van der Waals surface area contributed by atoms with Crippen LogP contribution in [0.15, 0.2) is 0 Å². The highest BCUT2D eigenvalue weighted by Gasteiger charge is 2.10. The van der Waals surface area contributed by atoms with E-state index in [0.29, 0.717) is 32.0 Å². The second-order valence-corrected chi connectivity index (χ2v) is 10.8. The predicted molar refractivity (Wildman–Crippen MR) is 153 cm³/mol. The van der Waals surface area contributed by atoms with Gasteiger partial charge in [0.1, 0.15) is 0 Å². The maximum Gasteiger partial charge on any atom is 0.305 e. The van der Waals surface area contributed by atoms with E-state index in [9.17, 15) is 9.59 Å². The van der Waals surface area contributed by atoms with E-state index in [1.165, 1.54) is 89.9 Å². The zero-order valence-electron chi connectivity index (χ0n) is 24.6. The molecular weight excluding hydrogens is 448 g/mol. The first kappa shape index (κ1) is 34.9. The van der Waals surface area contributed by atoms with Gasteiger partial charge in [-0.25, -0.2) is 0 Å². The van der Waals surface area contributed by atoms with Crippen molar-refractivity contribution in [3.63, 3.8) is 0 Å². The van der Waals surface area contributed by atoms with Crippen molar-refractivity contribution < 1.29 is 19.1 Å². The molecule has 0 aromatic rings. The minimum atomic E-state index is -0.00799. The van der Waals surface area contributed by atoms with Crippen LogP contribution in [0.3, 0.4) is 0 Å². The summed E-state index contributed by atoms with van der Waals surface area (Å²) in [7, 11) is 0. The molecule has 0 rings (SSSR count). The van der Waals surface area contributed by atoms with E-state index in [0.717, 1.165) is 51.4 Å². The van der Waals surface area contributed by atoms with Crippen LogP contribution in [-0.2, 0) is 19.1 Å². The third kappa shape index (κ3) is 26.0. The van der Waals surface area contributed by atoms with Crippen molar-refractivity contribution in [1.82, 2.24) is 0 Å². The number of unbranched alkanes of at least 4 members (excludes halogenated alkanes) is 16. The number of carbonyl (C=O) groups is 2. The molecule has 0 aliphatic carbocycles. The fourth-order valence-corrected chi connectivity index (χ4v) is 4.74. The number of rotatable bonds is 28. The topological polar surface area (TPSA) is 52.6 Å². The molecule has 0 saturated carbocycles. The molecule has 0 aromatic carbocycles. The second kappa shape index (κ2) is 28.5. The minimum Gasteiger partial charge on any atom is -0.466 e. The van der Waals surface area contributed by atoms with Gasteiger partial charge in [-0.3, -0.25) is 9.59 Å². The number of carbonyl (C=O) groups excluding carboxylic acids is 2. The minimum absolute atomic E-state index is 0.000332. The molecule has 0 saturated heterocycles. The summed E-state index contributed by atoms with van der Waals surface area (Å²) in [6.07, 6.45) is 28.1. The summed E-state index contributed by atoms with van der Waals surface area (Å²) in [5.41, 5.74) is 0. The van der Waals surface area contributed by atoms with Gasteiger partial charge in [0.2, 0.25) is 0 Å². The van der Waals surface area contributed by atoms with Crippen molar-refractivity contribution in [2.75, 3.05) is 13.2 Å². The molecule has 0 spiro atoms. The summed E-state index contributed by atoms with van der Waals surface area (Å²) in [6.45, 7) is 7.78. The standard InChI is InChI=1S/C32H62O4/c1-4-7-22-28-35-31(33)25-21-19-17-15-13-11-9-10-12-14-16-18-20-24-30(6-3)26-27-32(34)36-29-23-8-5-2/h30H,4-29H2,1-3H3. The quantitative estimate of drug-likeness (QED) is 0.0776. The molecule has 4 nitrogen and oxygen atoms in total. The van der Waals surface area contributed by atoms with Crippen LogP contribution < -0.4 is 0 Å². The highest BCUT2D eigenvalue weighted by molar-refractivity contribution is 5.69. The van der Waals surface area contributed by atoms with Gasteiger partial charge in [-0.05, 0) is 31.6 Å². The van der Waals surface area contributed by atoms with E-state index in [1.807, 2.05) is 0 Å². The molecule has 4 heteroatoms. The van der Waals surface area contributed by atoms with Gasteiger partial charge in [-0.2, -0.15) is 0 Å². The van der Waals surface area contributed by atoms with E-state index in [1.54, 1.807) is 0 Å². The summed E-state index contributed by atoms with van der Waals surface area (Å²) in [5, 5.41) is 0. The molecule has 0 amide bonds. The van der Waals surface area contributed by atoms with Crippen LogP contribution in [0.5, 0.6) is 0 Å². The van der Waals surface area contributed by atoms with Crippen LogP contribution in [0.25, 0.3) is 0 Å². The smallest absolute Gasteiger partial charge is 0.305 e. The Kier molecular flexibility index (Phi) is 27.7. The lowest BCUT2D eigenvalue weighted by Crippen LogP contribution is -2.09. The van der Waals surface area contributed by atoms with Crippen LogP contribution in [0.2, 0.25) is 0 Å². The van der Waals surface area contributed by atoms with E-state index in [2.05, 4.69) is 20.8 Å². The summed E-state index contributed by atoms with van der Waals surface area (Å²) in [4.78, 5) is 23.5. The van der Waals surface area contributed by atoms with Crippen molar-refractivity contribution >= 4 is 11.9 Å². The molecule has 0 N–H and O–H groups in total. The maximum absolute atomic E-state index is 11.9. The highest BCUT2D eigenvalue weighted by atomic mass is 16.5. The molecule has 0 fully saturated rings. The van der Waals surface area contributed by atoms with Gasteiger partial charge in [0.25, 0.3) is 0 Å². The van der Waals surface area contributed by atoms with E-state index < -0.39 is 0 Å². The zero-order chi connectivity index (χ0) is 26.5. The summed E-state index contributed by atoms with van der Waals surface area (Å²) >= 11 is 0. The van der Waals surface area contributed by atoms with Crippen LogP contribution >= 0.6 is 0 Å². The van der Waals surface area contributed by atoms with E-state index in [-0.39, 0.29) is 11.9 Å². The molecule has 0 radical (unpaired) electrons. The molecule has 0 aliphatic heterocycles. The van der Waals surface area contributed by atoms with Gasteiger partial charge in [-0.15, -0.1) is 0 Å². The van der Waals surface area contributed by atoms with Crippen LogP contribution in [-0.4, -0.2) is 25.2 Å². The summed E-state index contributed by atoms with van der Waals surface area (Å²) < 4.78 is 10.6. The molecular formula is C32H62O4.